The van der Waals surface area contributed by atoms with Gasteiger partial charge in [0.25, 0.3) is 0 Å². The van der Waals surface area contributed by atoms with Crippen molar-refractivity contribution in [1.82, 2.24) is 0 Å². The van der Waals surface area contributed by atoms with E-state index in [-0.39, 0.29) is 0 Å². The molecule has 0 radical (unpaired) electrons. The molecule has 29 heavy (non-hydrogen) atoms. The third-order valence-electron chi connectivity index (χ3n) is 5.40. The first-order valence-electron chi connectivity index (χ1n) is 9.61. The topological polar surface area (TPSA) is 0 Å². The minimum Gasteiger partial charge on any atom is -0.141 e. The Morgan fingerprint density at radius 3 is 2.14 bits per heavy atom. The second-order valence-electron chi connectivity index (χ2n) is 7.33. The molecule has 0 fully saturated rings. The summed E-state index contributed by atoms with van der Waals surface area (Å²) in [5.74, 6) is 6.75. The molecule has 0 saturated carbocycles. The molecule has 4 aromatic carbocycles. The Hall–Kier alpha value is -3.12. The van der Waals surface area contributed by atoms with Crippen LogP contribution in [0.15, 0.2) is 78.9 Å². The van der Waals surface area contributed by atoms with E-state index in [1.54, 1.807) is 11.3 Å². The predicted octanol–water partition coefficient (Wildman–Crippen LogP) is 8.13. The van der Waals surface area contributed by atoms with Gasteiger partial charge < -0.3 is 0 Å². The molecule has 6 rings (SSSR count). The lowest BCUT2D eigenvalue weighted by molar-refractivity contribution is 1.66. The molecule has 0 saturated heterocycles. The first-order valence-corrected chi connectivity index (χ1v) is 11.2. The molecule has 0 unspecified atom stereocenters. The van der Waals surface area contributed by atoms with E-state index in [1.807, 2.05) is 11.3 Å². The number of rotatable bonds is 0. The number of thiophene rings is 2. The maximum atomic E-state index is 3.39. The van der Waals surface area contributed by atoms with Crippen LogP contribution in [0.1, 0.15) is 15.3 Å². The summed E-state index contributed by atoms with van der Waals surface area (Å²) in [6, 6.07) is 28.4. The van der Waals surface area contributed by atoms with Crippen LogP contribution in [0.5, 0.6) is 0 Å². The van der Waals surface area contributed by atoms with Crippen LogP contribution in [0, 0.1) is 18.8 Å². The average Bonchev–Trinajstić information content (AvgIpc) is 3.34. The molecule has 0 aliphatic carbocycles. The second kappa shape index (κ2) is 6.46. The second-order valence-corrected chi connectivity index (χ2v) is 9.70. The molecule has 0 N–H and O–H groups in total. The van der Waals surface area contributed by atoms with Gasteiger partial charge in [-0.2, -0.15) is 0 Å². The standard InChI is InChI=1S/C27H16S2/c1-17-14-24-22-11-13-27-25(23(22)10-12-26(24)28-17)16-21(29-27)9-7-18-6-8-19-4-2-3-5-20(19)15-18/h2-6,8,10-16H,1H3. The lowest BCUT2D eigenvalue weighted by Crippen LogP contribution is -1.76. The molecule has 2 aromatic heterocycles. The monoisotopic (exact) mass is 404 g/mol. The summed E-state index contributed by atoms with van der Waals surface area (Å²) in [6.07, 6.45) is 0. The summed E-state index contributed by atoms with van der Waals surface area (Å²) in [4.78, 5) is 2.47. The van der Waals surface area contributed by atoms with Crippen LogP contribution in [-0.2, 0) is 0 Å². The van der Waals surface area contributed by atoms with E-state index in [1.165, 1.54) is 46.6 Å². The van der Waals surface area contributed by atoms with Crippen molar-refractivity contribution in [3.8, 4) is 11.8 Å². The molecule has 6 aromatic rings. The van der Waals surface area contributed by atoms with Crippen molar-refractivity contribution in [3.05, 3.63) is 94.2 Å². The van der Waals surface area contributed by atoms with Crippen molar-refractivity contribution in [3.63, 3.8) is 0 Å². The molecule has 0 aliphatic rings. The Balaban J connectivity index is 1.47. The van der Waals surface area contributed by atoms with Crippen LogP contribution >= 0.6 is 22.7 Å². The van der Waals surface area contributed by atoms with Gasteiger partial charge in [-0.05, 0) is 64.9 Å². The van der Waals surface area contributed by atoms with E-state index >= 15 is 0 Å². The van der Waals surface area contributed by atoms with Crippen LogP contribution in [-0.4, -0.2) is 0 Å². The minimum atomic E-state index is 1.06. The number of fused-ring (bicyclic) bond motifs is 6. The highest BCUT2D eigenvalue weighted by Gasteiger charge is 2.09. The highest BCUT2D eigenvalue weighted by Crippen LogP contribution is 2.37. The number of aryl methyl sites for hydroxylation is 1. The third kappa shape index (κ3) is 2.83. The average molecular weight is 405 g/mol. The summed E-state index contributed by atoms with van der Waals surface area (Å²) >= 11 is 3.64. The number of hydrogen-bond donors (Lipinski definition) is 0. The fourth-order valence-electron chi connectivity index (χ4n) is 4.04. The van der Waals surface area contributed by atoms with Gasteiger partial charge in [0.2, 0.25) is 0 Å². The molecule has 2 heteroatoms. The van der Waals surface area contributed by atoms with E-state index in [9.17, 15) is 0 Å². The maximum absolute atomic E-state index is 3.39. The maximum Gasteiger partial charge on any atom is 0.0785 e. The van der Waals surface area contributed by atoms with Gasteiger partial charge in [-0.15, -0.1) is 22.7 Å². The lowest BCUT2D eigenvalue weighted by atomic mass is 10.0. The smallest absolute Gasteiger partial charge is 0.0785 e. The van der Waals surface area contributed by atoms with E-state index < -0.39 is 0 Å². The molecule has 0 amide bonds. The third-order valence-corrected chi connectivity index (χ3v) is 7.43. The largest absolute Gasteiger partial charge is 0.141 e. The molecule has 0 spiro atoms. The molecule has 0 nitrogen and oxygen atoms in total. The van der Waals surface area contributed by atoms with Crippen LogP contribution in [0.2, 0.25) is 0 Å². The van der Waals surface area contributed by atoms with Crippen molar-refractivity contribution in [2.45, 2.75) is 6.92 Å². The Morgan fingerprint density at radius 1 is 0.586 bits per heavy atom. The van der Waals surface area contributed by atoms with Gasteiger partial charge in [0.15, 0.2) is 0 Å². The molecule has 2 heterocycles. The molecular weight excluding hydrogens is 388 g/mol. The highest BCUT2D eigenvalue weighted by molar-refractivity contribution is 7.20. The first-order chi connectivity index (χ1) is 14.2. The fourth-order valence-corrected chi connectivity index (χ4v) is 5.90. The van der Waals surface area contributed by atoms with E-state index in [2.05, 4.69) is 97.6 Å². The van der Waals surface area contributed by atoms with Crippen LogP contribution in [0.3, 0.4) is 0 Å². The SMILES string of the molecule is Cc1cc2c(ccc3c4cc(C#Cc5ccc6ccccc6c5)sc4ccc23)s1. The molecule has 0 atom stereocenters. The summed E-state index contributed by atoms with van der Waals surface area (Å²) in [7, 11) is 0. The van der Waals surface area contributed by atoms with E-state index in [4.69, 9.17) is 0 Å². The summed E-state index contributed by atoms with van der Waals surface area (Å²) < 4.78 is 2.66. The molecule has 0 aliphatic heterocycles. The van der Waals surface area contributed by atoms with Gasteiger partial charge in [-0.1, -0.05) is 54.3 Å². The fraction of sp³-hybridized carbons (Fsp3) is 0.0370. The van der Waals surface area contributed by atoms with Gasteiger partial charge in [0.1, 0.15) is 0 Å². The highest BCUT2D eigenvalue weighted by atomic mass is 32.1. The Kier molecular flexibility index (Phi) is 3.74. The van der Waals surface area contributed by atoms with E-state index in [0.29, 0.717) is 0 Å². The van der Waals surface area contributed by atoms with Gasteiger partial charge in [-0.3, -0.25) is 0 Å². The summed E-state index contributed by atoms with van der Waals surface area (Å²) in [6.45, 7) is 2.18. The Labute approximate surface area is 177 Å². The summed E-state index contributed by atoms with van der Waals surface area (Å²) in [5.41, 5.74) is 1.06. The van der Waals surface area contributed by atoms with Crippen LogP contribution in [0.25, 0.3) is 41.7 Å². The zero-order valence-corrected chi connectivity index (χ0v) is 17.5. The zero-order chi connectivity index (χ0) is 19.4. The summed E-state index contributed by atoms with van der Waals surface area (Å²) in [5, 5.41) is 7.81. The number of benzene rings is 4. The van der Waals surface area contributed by atoms with Crippen molar-refractivity contribution in [2.75, 3.05) is 0 Å². The van der Waals surface area contributed by atoms with E-state index in [0.717, 1.165) is 10.4 Å². The zero-order valence-electron chi connectivity index (χ0n) is 15.8. The van der Waals surface area contributed by atoms with Gasteiger partial charge >= 0.3 is 0 Å². The van der Waals surface area contributed by atoms with Crippen LogP contribution in [0.4, 0.5) is 0 Å². The lowest BCUT2D eigenvalue weighted by Gasteiger charge is -2.01. The van der Waals surface area contributed by atoms with Gasteiger partial charge in [0, 0.05) is 30.6 Å². The quantitative estimate of drug-likeness (QED) is 0.224. The normalized spacial score (nSPS) is 11.3. The van der Waals surface area contributed by atoms with Crippen molar-refractivity contribution < 1.29 is 0 Å². The van der Waals surface area contributed by atoms with Crippen molar-refractivity contribution in [1.29, 1.82) is 0 Å². The minimum absolute atomic E-state index is 1.06. The van der Waals surface area contributed by atoms with Crippen LogP contribution < -0.4 is 0 Å². The Morgan fingerprint density at radius 2 is 1.31 bits per heavy atom. The van der Waals surface area contributed by atoms with Crippen molar-refractivity contribution in [2.24, 2.45) is 0 Å². The number of hydrogen-bond acceptors (Lipinski definition) is 2. The van der Waals surface area contributed by atoms with Gasteiger partial charge in [-0.25, -0.2) is 0 Å². The predicted molar refractivity (Wildman–Crippen MR) is 129 cm³/mol. The van der Waals surface area contributed by atoms with Gasteiger partial charge in [0.05, 0.1) is 4.88 Å². The Bertz CT molecular complexity index is 1620. The molecule has 0 bridgehead atoms. The molecular formula is C27H16S2. The molecule has 136 valence electrons. The first kappa shape index (κ1) is 16.8. The van der Waals surface area contributed by atoms with Crippen molar-refractivity contribution >= 4 is 64.4 Å².